The first-order chi connectivity index (χ1) is 13.0. The number of ether oxygens (including phenoxy) is 1. The SMILES string of the molecule is COC(=O)c1ccc(S(=O)(=O)N2CCN(CCc3ccccc3)CC2)cc1. The van der Waals surface area contributed by atoms with Gasteiger partial charge in [-0.3, -0.25) is 0 Å². The second-order valence-electron chi connectivity index (χ2n) is 6.50. The lowest BCUT2D eigenvalue weighted by molar-refractivity contribution is 0.0600. The molecule has 2 aromatic carbocycles. The Bertz CT molecular complexity index is 859. The summed E-state index contributed by atoms with van der Waals surface area (Å²) in [5.74, 6) is -0.481. The monoisotopic (exact) mass is 388 g/mol. The van der Waals surface area contributed by atoms with Crippen LogP contribution in [0, 0.1) is 0 Å². The average Bonchev–Trinajstić information content (AvgIpc) is 2.73. The van der Waals surface area contributed by atoms with Gasteiger partial charge in [-0.25, -0.2) is 13.2 Å². The molecule has 27 heavy (non-hydrogen) atoms. The van der Waals surface area contributed by atoms with Crippen LogP contribution in [0.4, 0.5) is 0 Å². The van der Waals surface area contributed by atoms with E-state index in [4.69, 9.17) is 0 Å². The summed E-state index contributed by atoms with van der Waals surface area (Å²) in [6.45, 7) is 3.29. The van der Waals surface area contributed by atoms with Crippen molar-refractivity contribution in [2.75, 3.05) is 39.8 Å². The number of esters is 1. The van der Waals surface area contributed by atoms with Crippen LogP contribution in [0.25, 0.3) is 0 Å². The largest absolute Gasteiger partial charge is 0.465 e. The van der Waals surface area contributed by atoms with E-state index < -0.39 is 16.0 Å². The van der Waals surface area contributed by atoms with Crippen LogP contribution in [0.15, 0.2) is 59.5 Å². The van der Waals surface area contributed by atoms with Gasteiger partial charge in [0.1, 0.15) is 0 Å². The molecule has 0 N–H and O–H groups in total. The molecule has 0 atom stereocenters. The number of nitrogens with zero attached hydrogens (tertiary/aromatic N) is 2. The van der Waals surface area contributed by atoms with E-state index in [-0.39, 0.29) is 4.90 Å². The molecule has 3 rings (SSSR count). The zero-order chi connectivity index (χ0) is 19.3. The minimum Gasteiger partial charge on any atom is -0.465 e. The number of piperazine rings is 1. The normalized spacial score (nSPS) is 16.2. The highest BCUT2D eigenvalue weighted by atomic mass is 32.2. The van der Waals surface area contributed by atoms with Crippen LogP contribution in [0.3, 0.4) is 0 Å². The highest BCUT2D eigenvalue weighted by Crippen LogP contribution is 2.19. The summed E-state index contributed by atoms with van der Waals surface area (Å²) < 4.78 is 31.8. The van der Waals surface area contributed by atoms with Crippen molar-refractivity contribution in [1.82, 2.24) is 9.21 Å². The Morgan fingerprint density at radius 1 is 0.963 bits per heavy atom. The molecule has 1 aliphatic rings. The summed E-state index contributed by atoms with van der Waals surface area (Å²) in [6, 6.07) is 16.2. The fourth-order valence-electron chi connectivity index (χ4n) is 3.16. The molecule has 2 aromatic rings. The molecule has 6 nitrogen and oxygen atoms in total. The number of sulfonamides is 1. The van der Waals surface area contributed by atoms with Gasteiger partial charge in [0.05, 0.1) is 17.6 Å². The summed E-state index contributed by atoms with van der Waals surface area (Å²) in [5.41, 5.74) is 1.63. The number of hydrogen-bond acceptors (Lipinski definition) is 5. The third kappa shape index (κ3) is 4.74. The lowest BCUT2D eigenvalue weighted by Gasteiger charge is -2.34. The number of carbonyl (C=O) groups is 1. The van der Waals surface area contributed by atoms with Crippen molar-refractivity contribution < 1.29 is 17.9 Å². The van der Waals surface area contributed by atoms with Crippen molar-refractivity contribution in [1.29, 1.82) is 0 Å². The minimum atomic E-state index is -3.55. The van der Waals surface area contributed by atoms with E-state index in [1.54, 1.807) is 0 Å². The van der Waals surface area contributed by atoms with Gasteiger partial charge in [0.15, 0.2) is 0 Å². The van der Waals surface area contributed by atoms with Gasteiger partial charge in [-0.1, -0.05) is 30.3 Å². The molecule has 1 saturated heterocycles. The van der Waals surface area contributed by atoms with E-state index in [0.29, 0.717) is 31.7 Å². The minimum absolute atomic E-state index is 0.202. The van der Waals surface area contributed by atoms with E-state index in [1.807, 2.05) is 18.2 Å². The molecule has 0 saturated carbocycles. The average molecular weight is 388 g/mol. The van der Waals surface area contributed by atoms with Crippen LogP contribution in [0.1, 0.15) is 15.9 Å². The van der Waals surface area contributed by atoms with Crippen molar-refractivity contribution in [3.05, 3.63) is 65.7 Å². The zero-order valence-electron chi connectivity index (χ0n) is 15.4. The Kier molecular flexibility index (Phi) is 6.26. The number of hydrogen-bond donors (Lipinski definition) is 0. The van der Waals surface area contributed by atoms with Crippen LogP contribution in [0.5, 0.6) is 0 Å². The van der Waals surface area contributed by atoms with Crippen LogP contribution < -0.4 is 0 Å². The van der Waals surface area contributed by atoms with Gasteiger partial charge in [0.2, 0.25) is 10.0 Å². The predicted molar refractivity (Wildman–Crippen MR) is 103 cm³/mol. The first kappa shape index (κ1) is 19.5. The summed E-state index contributed by atoms with van der Waals surface area (Å²) in [7, 11) is -2.25. The zero-order valence-corrected chi connectivity index (χ0v) is 16.2. The molecule has 7 heteroatoms. The Morgan fingerprint density at radius 2 is 1.59 bits per heavy atom. The Hall–Kier alpha value is -2.22. The lowest BCUT2D eigenvalue weighted by Crippen LogP contribution is -2.49. The number of methoxy groups -OCH3 is 1. The molecular weight excluding hydrogens is 364 g/mol. The second kappa shape index (κ2) is 8.65. The summed E-state index contributed by atoms with van der Waals surface area (Å²) in [6.07, 6.45) is 0.961. The van der Waals surface area contributed by atoms with Crippen LogP contribution in [-0.2, 0) is 21.2 Å². The molecule has 1 heterocycles. The third-order valence-corrected chi connectivity index (χ3v) is 6.72. The summed E-state index contributed by atoms with van der Waals surface area (Å²) in [4.78, 5) is 14.0. The number of benzene rings is 2. The van der Waals surface area contributed by atoms with Crippen molar-refractivity contribution in [3.8, 4) is 0 Å². The van der Waals surface area contributed by atoms with E-state index in [9.17, 15) is 13.2 Å². The highest BCUT2D eigenvalue weighted by Gasteiger charge is 2.28. The molecule has 0 radical (unpaired) electrons. The van der Waals surface area contributed by atoms with Crippen LogP contribution in [0.2, 0.25) is 0 Å². The van der Waals surface area contributed by atoms with Gasteiger partial charge >= 0.3 is 5.97 Å². The Morgan fingerprint density at radius 3 is 2.19 bits per heavy atom. The summed E-state index contributed by atoms with van der Waals surface area (Å²) >= 11 is 0. The molecule has 0 bridgehead atoms. The fourth-order valence-corrected chi connectivity index (χ4v) is 4.58. The topological polar surface area (TPSA) is 66.9 Å². The van der Waals surface area contributed by atoms with Crippen molar-refractivity contribution in [3.63, 3.8) is 0 Å². The molecule has 1 fully saturated rings. The molecule has 0 spiro atoms. The van der Waals surface area contributed by atoms with Gasteiger partial charge in [-0.2, -0.15) is 4.31 Å². The van der Waals surface area contributed by atoms with E-state index in [0.717, 1.165) is 13.0 Å². The van der Waals surface area contributed by atoms with E-state index in [1.165, 1.54) is 41.2 Å². The van der Waals surface area contributed by atoms with Crippen LogP contribution in [-0.4, -0.2) is 63.4 Å². The van der Waals surface area contributed by atoms with Gasteiger partial charge in [0, 0.05) is 32.7 Å². The first-order valence-electron chi connectivity index (χ1n) is 8.95. The molecule has 0 aliphatic carbocycles. The van der Waals surface area contributed by atoms with Gasteiger partial charge < -0.3 is 9.64 Å². The molecular formula is C20H24N2O4S. The Balaban J connectivity index is 1.57. The standard InChI is InChI=1S/C20H24N2O4S/c1-26-20(23)18-7-9-19(10-8-18)27(24,25)22-15-13-21(14-16-22)12-11-17-5-3-2-4-6-17/h2-10H,11-16H2,1H3. The molecule has 0 aromatic heterocycles. The fraction of sp³-hybridized carbons (Fsp3) is 0.350. The third-order valence-electron chi connectivity index (χ3n) is 4.80. The maximum Gasteiger partial charge on any atom is 0.337 e. The van der Waals surface area contributed by atoms with Crippen molar-refractivity contribution in [2.24, 2.45) is 0 Å². The summed E-state index contributed by atoms with van der Waals surface area (Å²) in [5, 5.41) is 0. The Labute approximate surface area is 160 Å². The maximum absolute atomic E-state index is 12.8. The van der Waals surface area contributed by atoms with E-state index >= 15 is 0 Å². The van der Waals surface area contributed by atoms with Crippen molar-refractivity contribution in [2.45, 2.75) is 11.3 Å². The second-order valence-corrected chi connectivity index (χ2v) is 8.44. The quantitative estimate of drug-likeness (QED) is 0.709. The maximum atomic E-state index is 12.8. The van der Waals surface area contributed by atoms with Crippen molar-refractivity contribution >= 4 is 16.0 Å². The van der Waals surface area contributed by atoms with Gasteiger partial charge in [-0.15, -0.1) is 0 Å². The smallest absolute Gasteiger partial charge is 0.337 e. The molecule has 0 unspecified atom stereocenters. The van der Waals surface area contributed by atoms with Gasteiger partial charge in [0.25, 0.3) is 0 Å². The molecule has 0 amide bonds. The predicted octanol–water partition coefficient (Wildman–Crippen LogP) is 2.02. The number of rotatable bonds is 6. The first-order valence-corrected chi connectivity index (χ1v) is 10.4. The van der Waals surface area contributed by atoms with E-state index in [2.05, 4.69) is 21.8 Å². The van der Waals surface area contributed by atoms with Gasteiger partial charge in [-0.05, 0) is 36.2 Å². The lowest BCUT2D eigenvalue weighted by atomic mass is 10.1. The highest BCUT2D eigenvalue weighted by molar-refractivity contribution is 7.89. The van der Waals surface area contributed by atoms with Crippen LogP contribution >= 0.6 is 0 Å². The number of carbonyl (C=O) groups excluding carboxylic acids is 1. The molecule has 1 aliphatic heterocycles. The molecule has 144 valence electrons.